The van der Waals surface area contributed by atoms with Gasteiger partial charge in [0.05, 0.1) is 0 Å². The fourth-order valence-corrected chi connectivity index (χ4v) is 4.57. The van der Waals surface area contributed by atoms with Gasteiger partial charge in [-0.3, -0.25) is 4.79 Å². The Morgan fingerprint density at radius 2 is 1.62 bits per heavy atom. The monoisotopic (exact) mass is 413 g/mol. The molecule has 2 fully saturated rings. The van der Waals surface area contributed by atoms with Crippen LogP contribution in [0.15, 0.2) is 27.1 Å². The molecule has 2 saturated carbocycles. The van der Waals surface area contributed by atoms with Gasteiger partial charge in [0.1, 0.15) is 0 Å². The molecule has 1 amide bonds. The number of carbonyl (C=O) groups excluding carboxylic acids is 1. The van der Waals surface area contributed by atoms with E-state index in [1.165, 1.54) is 44.9 Å². The molecule has 114 valence electrons. The molecule has 0 saturated heterocycles. The van der Waals surface area contributed by atoms with E-state index in [2.05, 4.69) is 36.8 Å². The van der Waals surface area contributed by atoms with Crippen LogP contribution in [0.1, 0.15) is 55.3 Å². The van der Waals surface area contributed by atoms with E-state index in [0.29, 0.717) is 12.0 Å². The molecule has 0 aromatic heterocycles. The summed E-state index contributed by atoms with van der Waals surface area (Å²) in [5, 5.41) is 0. The summed E-state index contributed by atoms with van der Waals surface area (Å²) >= 11 is 6.96. The largest absolute Gasteiger partial charge is 0.335 e. The highest BCUT2D eigenvalue weighted by Crippen LogP contribution is 2.33. The predicted octanol–water partition coefficient (Wildman–Crippen LogP) is 5.40. The van der Waals surface area contributed by atoms with Gasteiger partial charge >= 0.3 is 0 Å². The summed E-state index contributed by atoms with van der Waals surface area (Å²) in [6, 6.07) is 6.32. The van der Waals surface area contributed by atoms with E-state index in [4.69, 9.17) is 0 Å². The van der Waals surface area contributed by atoms with Gasteiger partial charge in [0.2, 0.25) is 0 Å². The van der Waals surface area contributed by atoms with Crippen LogP contribution in [0.4, 0.5) is 0 Å². The molecule has 0 unspecified atom stereocenters. The van der Waals surface area contributed by atoms with Crippen molar-refractivity contribution in [2.24, 2.45) is 5.92 Å². The summed E-state index contributed by atoms with van der Waals surface area (Å²) in [5.74, 6) is 0.906. The molecule has 2 aliphatic rings. The Labute approximate surface area is 143 Å². The molecule has 0 spiro atoms. The first kappa shape index (κ1) is 15.5. The highest BCUT2D eigenvalue weighted by Gasteiger charge is 2.34. The number of hydrogen-bond donors (Lipinski definition) is 0. The van der Waals surface area contributed by atoms with Crippen LogP contribution in [0.2, 0.25) is 0 Å². The van der Waals surface area contributed by atoms with E-state index in [0.717, 1.165) is 21.1 Å². The predicted molar refractivity (Wildman–Crippen MR) is 92.5 cm³/mol. The molecule has 0 heterocycles. The molecule has 0 bridgehead atoms. The van der Waals surface area contributed by atoms with Crippen molar-refractivity contribution in [2.45, 2.75) is 51.0 Å². The van der Waals surface area contributed by atoms with Crippen molar-refractivity contribution in [3.8, 4) is 0 Å². The van der Waals surface area contributed by atoms with Crippen LogP contribution in [0.3, 0.4) is 0 Å². The van der Waals surface area contributed by atoms with E-state index in [1.807, 2.05) is 18.2 Å². The maximum absolute atomic E-state index is 12.9. The van der Waals surface area contributed by atoms with Gasteiger partial charge in [0, 0.05) is 27.1 Å². The van der Waals surface area contributed by atoms with E-state index in [-0.39, 0.29) is 5.91 Å². The second-order valence-electron chi connectivity index (χ2n) is 6.35. The van der Waals surface area contributed by atoms with E-state index in [9.17, 15) is 4.79 Å². The maximum atomic E-state index is 12.9. The van der Waals surface area contributed by atoms with Crippen LogP contribution in [0, 0.1) is 5.92 Å². The number of rotatable bonds is 4. The minimum atomic E-state index is 0.199. The van der Waals surface area contributed by atoms with Gasteiger partial charge in [0.15, 0.2) is 0 Å². The summed E-state index contributed by atoms with van der Waals surface area (Å²) in [7, 11) is 0. The fraction of sp³-hybridized carbons (Fsp3) is 0.588. The first-order valence-electron chi connectivity index (χ1n) is 7.90. The Morgan fingerprint density at radius 1 is 1.00 bits per heavy atom. The quantitative estimate of drug-likeness (QED) is 0.646. The number of halogens is 2. The molecule has 2 aliphatic carbocycles. The van der Waals surface area contributed by atoms with Crippen LogP contribution < -0.4 is 0 Å². The smallest absolute Gasteiger partial charge is 0.254 e. The standard InChI is InChI=1S/C17H21Br2NO/c18-14-8-13(9-15(19)10-14)17(21)20(16-6-7-16)11-12-4-2-1-3-5-12/h8-10,12,16H,1-7,11H2. The van der Waals surface area contributed by atoms with Crippen molar-refractivity contribution < 1.29 is 4.79 Å². The van der Waals surface area contributed by atoms with Crippen LogP contribution in [-0.4, -0.2) is 23.4 Å². The Balaban J connectivity index is 1.74. The minimum Gasteiger partial charge on any atom is -0.335 e. The number of amides is 1. The molecular weight excluding hydrogens is 394 g/mol. The summed E-state index contributed by atoms with van der Waals surface area (Å²) in [5.41, 5.74) is 0.791. The van der Waals surface area contributed by atoms with Crippen molar-refractivity contribution in [2.75, 3.05) is 6.54 Å². The fourth-order valence-electron chi connectivity index (χ4n) is 3.28. The topological polar surface area (TPSA) is 20.3 Å². The van der Waals surface area contributed by atoms with Crippen molar-refractivity contribution in [1.82, 2.24) is 4.90 Å². The van der Waals surface area contributed by atoms with Crippen LogP contribution in [-0.2, 0) is 0 Å². The first-order chi connectivity index (χ1) is 10.1. The Hall–Kier alpha value is -0.350. The average Bonchev–Trinajstić information content (AvgIpc) is 3.29. The molecule has 0 N–H and O–H groups in total. The third kappa shape index (κ3) is 4.10. The Kier molecular flexibility index (Phi) is 5.05. The van der Waals surface area contributed by atoms with Gasteiger partial charge in [0.25, 0.3) is 5.91 Å². The summed E-state index contributed by atoms with van der Waals surface area (Å²) in [6.07, 6.45) is 8.96. The first-order valence-corrected chi connectivity index (χ1v) is 9.49. The zero-order chi connectivity index (χ0) is 14.8. The highest BCUT2D eigenvalue weighted by molar-refractivity contribution is 9.11. The van der Waals surface area contributed by atoms with Crippen LogP contribution >= 0.6 is 31.9 Å². The van der Waals surface area contributed by atoms with Gasteiger partial charge in [-0.1, -0.05) is 51.1 Å². The molecule has 0 radical (unpaired) electrons. The summed E-state index contributed by atoms with van der Waals surface area (Å²) < 4.78 is 1.90. The number of nitrogens with zero attached hydrogens (tertiary/aromatic N) is 1. The van der Waals surface area contributed by atoms with E-state index < -0.39 is 0 Å². The average molecular weight is 415 g/mol. The third-order valence-corrected chi connectivity index (χ3v) is 5.45. The van der Waals surface area contributed by atoms with E-state index in [1.54, 1.807) is 0 Å². The lowest BCUT2D eigenvalue weighted by Gasteiger charge is -2.30. The second-order valence-corrected chi connectivity index (χ2v) is 8.18. The normalized spacial score (nSPS) is 19.5. The van der Waals surface area contributed by atoms with Crippen molar-refractivity contribution in [3.05, 3.63) is 32.7 Å². The summed E-state index contributed by atoms with van der Waals surface area (Å²) in [4.78, 5) is 15.0. The number of carbonyl (C=O) groups is 1. The van der Waals surface area contributed by atoms with Gasteiger partial charge in [-0.05, 0) is 49.8 Å². The van der Waals surface area contributed by atoms with Crippen LogP contribution in [0.5, 0.6) is 0 Å². The molecule has 1 aromatic carbocycles. The minimum absolute atomic E-state index is 0.199. The van der Waals surface area contributed by atoms with Crippen LogP contribution in [0.25, 0.3) is 0 Å². The molecule has 0 aliphatic heterocycles. The van der Waals surface area contributed by atoms with Crippen molar-refractivity contribution >= 4 is 37.8 Å². The van der Waals surface area contributed by atoms with Crippen molar-refractivity contribution in [1.29, 1.82) is 0 Å². The van der Waals surface area contributed by atoms with Gasteiger partial charge in [-0.2, -0.15) is 0 Å². The second kappa shape index (κ2) is 6.82. The molecular formula is C17H21Br2NO. The third-order valence-electron chi connectivity index (χ3n) is 4.54. The number of hydrogen-bond acceptors (Lipinski definition) is 1. The van der Waals surface area contributed by atoms with Gasteiger partial charge in [-0.25, -0.2) is 0 Å². The Morgan fingerprint density at radius 3 is 2.19 bits per heavy atom. The Bertz CT molecular complexity index is 501. The zero-order valence-corrected chi connectivity index (χ0v) is 15.3. The molecule has 2 nitrogen and oxygen atoms in total. The lowest BCUT2D eigenvalue weighted by atomic mass is 9.89. The lowest BCUT2D eigenvalue weighted by molar-refractivity contribution is 0.0698. The lowest BCUT2D eigenvalue weighted by Crippen LogP contribution is -2.37. The molecule has 0 atom stereocenters. The van der Waals surface area contributed by atoms with E-state index >= 15 is 0 Å². The van der Waals surface area contributed by atoms with Gasteiger partial charge in [-0.15, -0.1) is 0 Å². The van der Waals surface area contributed by atoms with Gasteiger partial charge < -0.3 is 4.90 Å². The SMILES string of the molecule is O=C(c1cc(Br)cc(Br)c1)N(CC1CCCCC1)C1CC1. The van der Waals surface area contributed by atoms with Crippen molar-refractivity contribution in [3.63, 3.8) is 0 Å². The zero-order valence-electron chi connectivity index (χ0n) is 12.2. The number of benzene rings is 1. The highest BCUT2D eigenvalue weighted by atomic mass is 79.9. The molecule has 3 rings (SSSR count). The molecule has 4 heteroatoms. The molecule has 1 aromatic rings. The molecule has 21 heavy (non-hydrogen) atoms. The summed E-state index contributed by atoms with van der Waals surface area (Å²) in [6.45, 7) is 0.952. The maximum Gasteiger partial charge on any atom is 0.254 e.